The third-order valence-corrected chi connectivity index (χ3v) is 7.27. The molecule has 0 fully saturated rings. The fourth-order valence-electron chi connectivity index (χ4n) is 5.30. The van der Waals surface area contributed by atoms with E-state index >= 15 is 0 Å². The van der Waals surface area contributed by atoms with Gasteiger partial charge in [-0.15, -0.1) is 0 Å². The Hall–Kier alpha value is -2.60. The molecule has 0 spiro atoms. The molecule has 0 heteroatoms. The number of benzene rings is 3. The molecule has 0 heterocycles. The molecule has 0 aliphatic heterocycles. The minimum Gasteiger partial charge on any atom is -0.0764 e. The Morgan fingerprint density at radius 3 is 2.32 bits per heavy atom. The largest absolute Gasteiger partial charge is 0.0764 e. The van der Waals surface area contributed by atoms with E-state index in [9.17, 15) is 0 Å². The van der Waals surface area contributed by atoms with Crippen LogP contribution in [0.4, 0.5) is 0 Å². The summed E-state index contributed by atoms with van der Waals surface area (Å²) in [6.45, 7) is 4.74. The first kappa shape index (κ1) is 17.5. The molecule has 28 heavy (non-hydrogen) atoms. The zero-order chi connectivity index (χ0) is 19.1. The monoisotopic (exact) mass is 364 g/mol. The lowest BCUT2D eigenvalue weighted by molar-refractivity contribution is 0.264. The minimum absolute atomic E-state index is 0.332. The summed E-state index contributed by atoms with van der Waals surface area (Å²) >= 11 is 0. The predicted molar refractivity (Wildman–Crippen MR) is 118 cm³/mol. The molecule has 140 valence electrons. The Kier molecular flexibility index (Phi) is 4.23. The van der Waals surface area contributed by atoms with Crippen LogP contribution in [0.15, 0.2) is 66.7 Å². The van der Waals surface area contributed by atoms with Crippen LogP contribution in [0.3, 0.4) is 0 Å². The lowest BCUT2D eigenvalue weighted by Crippen LogP contribution is -2.32. The van der Waals surface area contributed by atoms with Gasteiger partial charge in [0, 0.05) is 5.92 Å². The van der Waals surface area contributed by atoms with E-state index in [4.69, 9.17) is 0 Å². The van der Waals surface area contributed by atoms with Gasteiger partial charge >= 0.3 is 0 Å². The van der Waals surface area contributed by atoms with E-state index in [0.29, 0.717) is 11.3 Å². The normalized spacial score (nSPS) is 18.9. The summed E-state index contributed by atoms with van der Waals surface area (Å²) in [6, 6.07) is 24.7. The van der Waals surface area contributed by atoms with Crippen LogP contribution in [0.25, 0.3) is 12.2 Å². The fourth-order valence-corrected chi connectivity index (χ4v) is 5.30. The van der Waals surface area contributed by atoms with Crippen LogP contribution in [0.1, 0.15) is 55.7 Å². The van der Waals surface area contributed by atoms with E-state index in [1.165, 1.54) is 52.1 Å². The maximum atomic E-state index is 2.51. The summed E-state index contributed by atoms with van der Waals surface area (Å²) in [5.74, 6) is 0.332. The van der Waals surface area contributed by atoms with Crippen LogP contribution in [0.2, 0.25) is 0 Å². The van der Waals surface area contributed by atoms with E-state index in [2.05, 4.69) is 92.7 Å². The molecule has 3 aromatic carbocycles. The number of hydrogen-bond donors (Lipinski definition) is 0. The van der Waals surface area contributed by atoms with Crippen molar-refractivity contribution in [1.82, 2.24) is 0 Å². The topological polar surface area (TPSA) is 0 Å². The first-order valence-corrected chi connectivity index (χ1v) is 10.7. The van der Waals surface area contributed by atoms with Crippen molar-refractivity contribution < 1.29 is 0 Å². The first-order valence-electron chi connectivity index (χ1n) is 10.7. The van der Waals surface area contributed by atoms with Crippen molar-refractivity contribution >= 4 is 12.2 Å². The van der Waals surface area contributed by atoms with E-state index in [0.717, 1.165) is 0 Å². The van der Waals surface area contributed by atoms with Gasteiger partial charge in [0.05, 0.1) is 0 Å². The van der Waals surface area contributed by atoms with Crippen LogP contribution in [-0.2, 0) is 6.42 Å². The first-order chi connectivity index (χ1) is 13.7. The standard InChI is InChI=1S/C28H28/c1-3-28(4-2)17-16-21-14-15-24-23-13-9-8-12-22(23)18-25(27(24)26(21)19-28)20-10-6-5-7-11-20/h5-16,18,25H,3-4,17,19H2,1-2H3. The van der Waals surface area contributed by atoms with Crippen molar-refractivity contribution in [3.8, 4) is 0 Å². The Labute approximate surface area is 167 Å². The van der Waals surface area contributed by atoms with E-state index < -0.39 is 0 Å². The Bertz CT molecular complexity index is 1230. The van der Waals surface area contributed by atoms with E-state index in [-0.39, 0.29) is 0 Å². The van der Waals surface area contributed by atoms with Gasteiger partial charge in [-0.3, -0.25) is 0 Å². The zero-order valence-corrected chi connectivity index (χ0v) is 16.9. The summed E-state index contributed by atoms with van der Waals surface area (Å²) in [6.07, 6.45) is 9.91. The molecule has 0 aromatic heterocycles. The van der Waals surface area contributed by atoms with Crippen molar-refractivity contribution in [2.24, 2.45) is 5.41 Å². The number of fused-ring (bicyclic) bond motifs is 4. The highest BCUT2D eigenvalue weighted by molar-refractivity contribution is 5.57. The molecular formula is C28H28. The van der Waals surface area contributed by atoms with E-state index in [1.54, 1.807) is 11.1 Å². The van der Waals surface area contributed by atoms with Crippen molar-refractivity contribution in [3.05, 3.63) is 104 Å². The van der Waals surface area contributed by atoms with Gasteiger partial charge in [0.25, 0.3) is 0 Å². The smallest absolute Gasteiger partial charge is 0.0287 e. The van der Waals surface area contributed by atoms with Crippen molar-refractivity contribution in [2.75, 3.05) is 0 Å². The Balaban J connectivity index is 1.88. The number of hydrogen-bond acceptors (Lipinski definition) is 0. The molecule has 0 bridgehead atoms. The van der Waals surface area contributed by atoms with Crippen molar-refractivity contribution in [1.29, 1.82) is 0 Å². The molecule has 3 aromatic rings. The van der Waals surface area contributed by atoms with Crippen molar-refractivity contribution in [3.63, 3.8) is 0 Å². The summed E-state index contributed by atoms with van der Waals surface area (Å²) in [7, 11) is 0. The highest BCUT2D eigenvalue weighted by Gasteiger charge is 2.31. The molecule has 0 nitrogen and oxygen atoms in total. The summed E-state index contributed by atoms with van der Waals surface area (Å²) < 4.78 is 0. The lowest BCUT2D eigenvalue weighted by atomic mass is 9.68. The average Bonchev–Trinajstić information content (AvgIpc) is 2.78. The van der Waals surface area contributed by atoms with Crippen LogP contribution in [-0.4, -0.2) is 0 Å². The van der Waals surface area contributed by atoms with Crippen LogP contribution in [0.5, 0.6) is 0 Å². The van der Waals surface area contributed by atoms with Crippen molar-refractivity contribution in [2.45, 2.75) is 45.4 Å². The average molecular weight is 365 g/mol. The van der Waals surface area contributed by atoms with E-state index in [1.807, 2.05) is 0 Å². The van der Waals surface area contributed by atoms with Gasteiger partial charge in [0.1, 0.15) is 0 Å². The summed E-state index contributed by atoms with van der Waals surface area (Å²) in [4.78, 5) is 0. The molecule has 1 atom stereocenters. The molecule has 0 amide bonds. The maximum absolute atomic E-state index is 2.51. The molecule has 5 rings (SSSR count). The molecule has 0 radical (unpaired) electrons. The summed E-state index contributed by atoms with van der Waals surface area (Å²) in [5, 5.41) is 5.64. The molecule has 1 unspecified atom stereocenters. The fraction of sp³-hybridized carbons (Fsp3) is 0.286. The molecule has 0 saturated heterocycles. The Morgan fingerprint density at radius 1 is 0.786 bits per heavy atom. The highest BCUT2D eigenvalue weighted by atomic mass is 14.4. The lowest BCUT2D eigenvalue weighted by Gasteiger charge is -2.36. The third-order valence-electron chi connectivity index (χ3n) is 7.27. The molecule has 0 saturated carbocycles. The van der Waals surface area contributed by atoms with Gasteiger partial charge in [-0.1, -0.05) is 92.7 Å². The molecule has 2 aliphatic carbocycles. The zero-order valence-electron chi connectivity index (χ0n) is 16.9. The SMILES string of the molecule is CCC1(CC)CC=c2ccc3c(c2C1)C(c1ccccc1)C=c1ccccc1=3. The molecule has 0 N–H and O–H groups in total. The van der Waals surface area contributed by atoms with Gasteiger partial charge in [0.2, 0.25) is 0 Å². The second-order valence-corrected chi connectivity index (χ2v) is 8.53. The predicted octanol–water partition coefficient (Wildman–Crippen LogP) is 5.43. The van der Waals surface area contributed by atoms with Gasteiger partial charge in [-0.2, -0.15) is 0 Å². The maximum Gasteiger partial charge on any atom is 0.0287 e. The van der Waals surface area contributed by atoms with Gasteiger partial charge < -0.3 is 0 Å². The quantitative estimate of drug-likeness (QED) is 0.581. The van der Waals surface area contributed by atoms with Crippen LogP contribution < -0.4 is 10.4 Å². The van der Waals surface area contributed by atoms with Gasteiger partial charge in [-0.25, -0.2) is 0 Å². The molecule has 2 aliphatic rings. The second kappa shape index (κ2) is 6.78. The number of rotatable bonds is 3. The van der Waals surface area contributed by atoms with Gasteiger partial charge in [-0.05, 0) is 68.7 Å². The van der Waals surface area contributed by atoms with Crippen LogP contribution >= 0.6 is 0 Å². The minimum atomic E-state index is 0.332. The van der Waals surface area contributed by atoms with Crippen LogP contribution in [0, 0.1) is 15.9 Å². The summed E-state index contributed by atoms with van der Waals surface area (Å²) in [5.41, 5.74) is 4.95. The molecular weight excluding hydrogens is 336 g/mol. The second-order valence-electron chi connectivity index (χ2n) is 8.53. The highest BCUT2D eigenvalue weighted by Crippen LogP contribution is 2.40. The van der Waals surface area contributed by atoms with Gasteiger partial charge in [0.15, 0.2) is 0 Å². The third kappa shape index (κ3) is 2.66. The Morgan fingerprint density at radius 2 is 1.54 bits per heavy atom.